The lowest BCUT2D eigenvalue weighted by Gasteiger charge is -2.19. The molecule has 1 N–H and O–H groups in total. The van der Waals surface area contributed by atoms with Gasteiger partial charge < -0.3 is 10.1 Å². The molecule has 2 aromatic rings. The number of pyridine rings is 1. The minimum atomic E-state index is -3.59. The van der Waals surface area contributed by atoms with Crippen molar-refractivity contribution in [3.63, 3.8) is 0 Å². The Morgan fingerprint density at radius 2 is 1.73 bits per heavy atom. The van der Waals surface area contributed by atoms with E-state index in [1.54, 1.807) is 12.1 Å². The molecule has 1 aromatic heterocycles. The van der Waals surface area contributed by atoms with E-state index in [0.717, 1.165) is 25.7 Å². The molecule has 1 saturated heterocycles. The summed E-state index contributed by atoms with van der Waals surface area (Å²) in [4.78, 5) is 28.1. The van der Waals surface area contributed by atoms with Crippen molar-refractivity contribution in [2.24, 2.45) is 0 Å². The molecule has 30 heavy (non-hydrogen) atoms. The van der Waals surface area contributed by atoms with Crippen molar-refractivity contribution >= 4 is 39.2 Å². The molecular formula is C20H22ClN3O5S. The monoisotopic (exact) mass is 451 g/mol. The van der Waals surface area contributed by atoms with E-state index in [0.29, 0.717) is 18.8 Å². The highest BCUT2D eigenvalue weighted by atomic mass is 35.5. The fourth-order valence-electron chi connectivity index (χ4n) is 3.07. The van der Waals surface area contributed by atoms with Gasteiger partial charge in [0.25, 0.3) is 5.91 Å². The van der Waals surface area contributed by atoms with Crippen LogP contribution in [0.1, 0.15) is 36.0 Å². The van der Waals surface area contributed by atoms with Gasteiger partial charge in [-0.3, -0.25) is 4.79 Å². The average Bonchev–Trinajstić information content (AvgIpc) is 3.04. The number of halogens is 1. The summed E-state index contributed by atoms with van der Waals surface area (Å²) in [5, 5.41) is 2.62. The van der Waals surface area contributed by atoms with Crippen LogP contribution < -0.4 is 5.32 Å². The van der Waals surface area contributed by atoms with E-state index in [9.17, 15) is 18.0 Å². The minimum Gasteiger partial charge on any atom is -0.452 e. The molecule has 10 heteroatoms. The summed E-state index contributed by atoms with van der Waals surface area (Å²) in [5.41, 5.74) is 0.459. The zero-order valence-electron chi connectivity index (χ0n) is 16.2. The molecule has 8 nitrogen and oxygen atoms in total. The number of ether oxygens (including phenoxy) is 1. The van der Waals surface area contributed by atoms with E-state index in [2.05, 4.69) is 10.3 Å². The van der Waals surface area contributed by atoms with Crippen LogP contribution in [0, 0.1) is 0 Å². The third-order valence-corrected chi connectivity index (χ3v) is 6.87. The fourth-order valence-corrected chi connectivity index (χ4v) is 4.76. The molecular weight excluding hydrogens is 430 g/mol. The number of rotatable bonds is 6. The summed E-state index contributed by atoms with van der Waals surface area (Å²) in [6.45, 7) is 0.488. The smallest absolute Gasteiger partial charge is 0.338 e. The fraction of sp³-hybridized carbons (Fsp3) is 0.350. The highest BCUT2D eigenvalue weighted by Gasteiger charge is 2.25. The Morgan fingerprint density at radius 1 is 1.07 bits per heavy atom. The Hall–Kier alpha value is -2.49. The number of nitrogens with one attached hydrogen (secondary N) is 1. The first-order valence-corrected chi connectivity index (χ1v) is 11.4. The van der Waals surface area contributed by atoms with Crippen LogP contribution in [-0.2, 0) is 19.6 Å². The first-order chi connectivity index (χ1) is 14.4. The van der Waals surface area contributed by atoms with Crippen molar-refractivity contribution in [1.29, 1.82) is 0 Å². The summed E-state index contributed by atoms with van der Waals surface area (Å²) < 4.78 is 32.0. The number of sulfonamides is 1. The van der Waals surface area contributed by atoms with Crippen LogP contribution in [0.3, 0.4) is 0 Å². The zero-order valence-corrected chi connectivity index (χ0v) is 17.8. The standard InChI is InChI=1S/C20H22ClN3O5S/c21-19-17(6-5-11-22-19)23-18(25)14-29-20(26)15-7-9-16(10-8-15)30(27,28)24-12-3-1-2-4-13-24/h5-11H,1-4,12-14H2,(H,23,25). The molecule has 1 amide bonds. The number of nitrogens with zero attached hydrogens (tertiary/aromatic N) is 2. The van der Waals surface area contributed by atoms with E-state index in [4.69, 9.17) is 16.3 Å². The average molecular weight is 452 g/mol. The van der Waals surface area contributed by atoms with E-state index in [1.807, 2.05) is 0 Å². The highest BCUT2D eigenvalue weighted by Crippen LogP contribution is 2.21. The topological polar surface area (TPSA) is 106 Å². The highest BCUT2D eigenvalue weighted by molar-refractivity contribution is 7.89. The van der Waals surface area contributed by atoms with E-state index >= 15 is 0 Å². The molecule has 0 bridgehead atoms. The number of anilines is 1. The van der Waals surface area contributed by atoms with Gasteiger partial charge in [0.15, 0.2) is 11.8 Å². The van der Waals surface area contributed by atoms with Crippen LogP contribution >= 0.6 is 11.6 Å². The summed E-state index contributed by atoms with van der Waals surface area (Å²) in [6, 6.07) is 8.69. The summed E-state index contributed by atoms with van der Waals surface area (Å²) in [5.74, 6) is -1.31. The summed E-state index contributed by atoms with van der Waals surface area (Å²) in [7, 11) is -3.59. The number of amides is 1. The number of hydrogen-bond donors (Lipinski definition) is 1. The van der Waals surface area contributed by atoms with Crippen LogP contribution in [0.5, 0.6) is 0 Å². The minimum absolute atomic E-state index is 0.124. The van der Waals surface area contributed by atoms with Gasteiger partial charge in [-0.25, -0.2) is 18.2 Å². The van der Waals surface area contributed by atoms with Gasteiger partial charge >= 0.3 is 5.97 Å². The van der Waals surface area contributed by atoms with E-state index in [1.165, 1.54) is 34.8 Å². The molecule has 0 radical (unpaired) electrons. The van der Waals surface area contributed by atoms with Crippen molar-refractivity contribution in [2.75, 3.05) is 25.0 Å². The van der Waals surface area contributed by atoms with Crippen LogP contribution in [0.4, 0.5) is 5.69 Å². The second-order valence-corrected chi connectivity index (χ2v) is 9.10. The molecule has 0 unspecified atom stereocenters. The summed E-state index contributed by atoms with van der Waals surface area (Å²) >= 11 is 5.86. The number of hydrogen-bond acceptors (Lipinski definition) is 6. The SMILES string of the molecule is O=C(COC(=O)c1ccc(S(=O)(=O)N2CCCCCC2)cc1)Nc1cccnc1Cl. The van der Waals surface area contributed by atoms with Gasteiger partial charge in [0, 0.05) is 19.3 Å². The van der Waals surface area contributed by atoms with Crippen LogP contribution in [0.2, 0.25) is 5.15 Å². The maximum atomic E-state index is 12.8. The molecule has 1 aliphatic heterocycles. The van der Waals surface area contributed by atoms with E-state index in [-0.39, 0.29) is 15.6 Å². The molecule has 0 spiro atoms. The first kappa shape index (κ1) is 22.2. The number of carbonyl (C=O) groups excluding carboxylic acids is 2. The lowest BCUT2D eigenvalue weighted by atomic mass is 10.2. The Bertz CT molecular complexity index is 1000. The third kappa shape index (κ3) is 5.56. The van der Waals surface area contributed by atoms with Gasteiger partial charge in [-0.15, -0.1) is 0 Å². The van der Waals surface area contributed by atoms with Crippen LogP contribution in [0.15, 0.2) is 47.5 Å². The van der Waals surface area contributed by atoms with Gasteiger partial charge in [0.05, 0.1) is 16.1 Å². The van der Waals surface area contributed by atoms with Crippen molar-refractivity contribution < 1.29 is 22.7 Å². The van der Waals surface area contributed by atoms with Crippen LogP contribution in [0.25, 0.3) is 0 Å². The van der Waals surface area contributed by atoms with Gasteiger partial charge in [-0.05, 0) is 49.2 Å². The molecule has 160 valence electrons. The maximum absolute atomic E-state index is 12.8. The van der Waals surface area contributed by atoms with Gasteiger partial charge in [-0.2, -0.15) is 4.31 Å². The van der Waals surface area contributed by atoms with Gasteiger partial charge in [0.1, 0.15) is 0 Å². The molecule has 1 aromatic carbocycles. The second kappa shape index (κ2) is 10.0. The molecule has 0 aliphatic carbocycles. The quantitative estimate of drug-likeness (QED) is 0.534. The van der Waals surface area contributed by atoms with E-state index < -0.39 is 28.5 Å². The molecule has 2 heterocycles. The molecule has 0 atom stereocenters. The Balaban J connectivity index is 1.58. The van der Waals surface area contributed by atoms with Crippen molar-refractivity contribution in [1.82, 2.24) is 9.29 Å². The van der Waals surface area contributed by atoms with Crippen LogP contribution in [-0.4, -0.2) is 49.3 Å². The van der Waals surface area contributed by atoms with Gasteiger partial charge in [0.2, 0.25) is 10.0 Å². The first-order valence-electron chi connectivity index (χ1n) is 9.55. The Morgan fingerprint density at radius 3 is 2.37 bits per heavy atom. The molecule has 3 rings (SSSR count). The predicted molar refractivity (Wildman–Crippen MR) is 112 cm³/mol. The number of aromatic nitrogens is 1. The largest absolute Gasteiger partial charge is 0.452 e. The maximum Gasteiger partial charge on any atom is 0.338 e. The summed E-state index contributed by atoms with van der Waals surface area (Å²) in [6.07, 6.45) is 5.22. The lowest BCUT2D eigenvalue weighted by Crippen LogP contribution is -2.31. The zero-order chi connectivity index (χ0) is 21.6. The predicted octanol–water partition coefficient (Wildman–Crippen LogP) is 3.10. The Labute approximate surface area is 180 Å². The van der Waals surface area contributed by atoms with Gasteiger partial charge in [-0.1, -0.05) is 24.4 Å². The molecule has 0 saturated carbocycles. The number of esters is 1. The second-order valence-electron chi connectivity index (χ2n) is 6.81. The third-order valence-electron chi connectivity index (χ3n) is 4.66. The van der Waals surface area contributed by atoms with Crippen molar-refractivity contribution in [3.8, 4) is 0 Å². The molecule has 1 fully saturated rings. The Kier molecular flexibility index (Phi) is 7.41. The van der Waals surface area contributed by atoms with Crippen molar-refractivity contribution in [3.05, 3.63) is 53.3 Å². The van der Waals surface area contributed by atoms with Crippen molar-refractivity contribution in [2.45, 2.75) is 30.6 Å². The molecule has 1 aliphatic rings. The normalized spacial score (nSPS) is 15.2. The number of carbonyl (C=O) groups is 2. The number of benzene rings is 1. The lowest BCUT2D eigenvalue weighted by molar-refractivity contribution is -0.119.